The van der Waals surface area contributed by atoms with Gasteiger partial charge in [-0.05, 0) is 61.2 Å². The number of amides is 2. The molecular weight excluding hydrogens is 464 g/mol. The summed E-state index contributed by atoms with van der Waals surface area (Å²) in [5, 5.41) is 2.65. The van der Waals surface area contributed by atoms with Gasteiger partial charge in [0.1, 0.15) is 5.82 Å². The molecule has 0 aliphatic carbocycles. The predicted molar refractivity (Wildman–Crippen MR) is 124 cm³/mol. The molecule has 1 heterocycles. The fraction of sp³-hybridized carbons (Fsp3) is 0.400. The van der Waals surface area contributed by atoms with Crippen LogP contribution in [0.3, 0.4) is 0 Å². The van der Waals surface area contributed by atoms with Gasteiger partial charge in [0.25, 0.3) is 5.91 Å². The lowest BCUT2D eigenvalue weighted by Gasteiger charge is -2.37. The minimum atomic E-state index is -4.46. The summed E-state index contributed by atoms with van der Waals surface area (Å²) in [6, 6.07) is 7.48. The van der Waals surface area contributed by atoms with E-state index in [-0.39, 0.29) is 36.3 Å². The number of hydrogen-bond donors (Lipinski definition) is 2. The van der Waals surface area contributed by atoms with Crippen LogP contribution in [-0.2, 0) is 17.5 Å². The first kappa shape index (κ1) is 26.2. The first-order chi connectivity index (χ1) is 16.2. The molecule has 0 fully saturated rings. The summed E-state index contributed by atoms with van der Waals surface area (Å²) >= 11 is 0. The number of halogens is 4. The van der Waals surface area contributed by atoms with Crippen molar-refractivity contribution in [3.8, 4) is 0 Å². The predicted octanol–water partition coefficient (Wildman–Crippen LogP) is 4.80. The summed E-state index contributed by atoms with van der Waals surface area (Å²) in [7, 11) is 0. The molecule has 0 aromatic heterocycles. The molecule has 0 spiro atoms. The van der Waals surface area contributed by atoms with Crippen molar-refractivity contribution in [1.82, 2.24) is 10.2 Å². The van der Waals surface area contributed by atoms with E-state index in [1.165, 1.54) is 29.2 Å². The van der Waals surface area contributed by atoms with Crippen LogP contribution in [0.5, 0.6) is 0 Å². The first-order valence-electron chi connectivity index (χ1n) is 11.1. The van der Waals surface area contributed by atoms with E-state index in [9.17, 15) is 27.2 Å². The fourth-order valence-corrected chi connectivity index (χ4v) is 3.77. The zero-order valence-electron chi connectivity index (χ0n) is 19.9. The Bertz CT molecular complexity index is 1150. The van der Waals surface area contributed by atoms with E-state index in [1.807, 2.05) is 20.8 Å². The molecule has 2 aromatic rings. The van der Waals surface area contributed by atoms with Gasteiger partial charge in [-0.15, -0.1) is 0 Å². The average Bonchev–Trinajstić information content (AvgIpc) is 2.75. The summed E-state index contributed by atoms with van der Waals surface area (Å²) in [5.41, 5.74) is 5.43. The Hall–Kier alpha value is -3.43. The minimum Gasteiger partial charge on any atom is -0.369 e. The number of nitrogens with one attached hydrogen (secondary N) is 1. The molecular formula is C25H28F4N4O2. The first-order valence-corrected chi connectivity index (χ1v) is 11.1. The lowest BCUT2D eigenvalue weighted by molar-refractivity contribution is -0.137. The number of aliphatic imine (C=N–C) groups is 1. The van der Waals surface area contributed by atoms with Gasteiger partial charge in [-0.1, -0.05) is 26.0 Å². The van der Waals surface area contributed by atoms with Crippen LogP contribution >= 0.6 is 0 Å². The molecule has 2 aromatic carbocycles. The summed E-state index contributed by atoms with van der Waals surface area (Å²) in [6.07, 6.45) is -4.31. The molecule has 0 saturated carbocycles. The molecule has 2 atom stereocenters. The van der Waals surface area contributed by atoms with Crippen LogP contribution in [0.15, 0.2) is 47.5 Å². The maximum Gasteiger partial charge on any atom is 0.416 e. The van der Waals surface area contributed by atoms with Crippen molar-refractivity contribution < 1.29 is 27.2 Å². The topological polar surface area (TPSA) is 87.8 Å². The van der Waals surface area contributed by atoms with Crippen molar-refractivity contribution in [2.24, 2.45) is 16.6 Å². The summed E-state index contributed by atoms with van der Waals surface area (Å²) in [6.45, 7) is 7.29. The second kappa shape index (κ2) is 9.67. The van der Waals surface area contributed by atoms with Crippen LogP contribution in [0.25, 0.3) is 0 Å². The van der Waals surface area contributed by atoms with Crippen LogP contribution in [0, 0.1) is 11.7 Å². The second-order valence-electron chi connectivity index (χ2n) is 9.30. The van der Waals surface area contributed by atoms with E-state index in [0.29, 0.717) is 11.1 Å². The number of alkyl halides is 3. The van der Waals surface area contributed by atoms with E-state index in [4.69, 9.17) is 5.73 Å². The van der Waals surface area contributed by atoms with Gasteiger partial charge in [0.05, 0.1) is 30.1 Å². The van der Waals surface area contributed by atoms with Crippen LogP contribution in [0.2, 0.25) is 0 Å². The number of guanidine groups is 1. The van der Waals surface area contributed by atoms with Crippen LogP contribution in [0.1, 0.15) is 67.2 Å². The van der Waals surface area contributed by atoms with Crippen molar-refractivity contribution in [3.63, 3.8) is 0 Å². The molecule has 188 valence electrons. The molecule has 1 aliphatic rings. The third-order valence-electron chi connectivity index (χ3n) is 6.35. The molecule has 1 aliphatic heterocycles. The minimum absolute atomic E-state index is 0.00532. The maximum absolute atomic E-state index is 14.3. The van der Waals surface area contributed by atoms with Gasteiger partial charge in [0.15, 0.2) is 5.96 Å². The number of carbonyl (C=O) groups excluding carboxylic acids is 2. The van der Waals surface area contributed by atoms with E-state index < -0.39 is 35.0 Å². The molecule has 6 nitrogen and oxygen atoms in total. The molecule has 0 radical (unpaired) electrons. The largest absolute Gasteiger partial charge is 0.416 e. The van der Waals surface area contributed by atoms with E-state index in [2.05, 4.69) is 10.3 Å². The Labute approximate surface area is 201 Å². The van der Waals surface area contributed by atoms with Gasteiger partial charge >= 0.3 is 6.18 Å². The lowest BCUT2D eigenvalue weighted by atomic mass is 9.84. The number of hydrogen-bond acceptors (Lipinski definition) is 4. The normalized spacial score (nSPS) is 19.5. The molecule has 10 heteroatoms. The highest BCUT2D eigenvalue weighted by atomic mass is 19.4. The van der Waals surface area contributed by atoms with E-state index in [1.54, 1.807) is 6.92 Å². The summed E-state index contributed by atoms with van der Waals surface area (Å²) in [4.78, 5) is 31.2. The second-order valence-corrected chi connectivity index (χ2v) is 9.30. The zero-order valence-corrected chi connectivity index (χ0v) is 19.9. The molecule has 0 saturated heterocycles. The highest BCUT2D eigenvalue weighted by Crippen LogP contribution is 2.31. The monoisotopic (exact) mass is 492 g/mol. The summed E-state index contributed by atoms with van der Waals surface area (Å²) < 4.78 is 52.6. The SMILES string of the molecule is CC(C)[C@]1(C)CC(=O)N(Cc2cc(F)cc(C(=O)N[C@@H](C)c3ccc(C(F)(F)F)cc3)c2)C(N)=N1. The molecule has 0 unspecified atom stereocenters. The van der Waals surface area contributed by atoms with Gasteiger partial charge in [0, 0.05) is 5.56 Å². The standard InChI is InChI=1S/C25H28F4N4O2/c1-14(2)24(4)12-21(34)33(23(30)32-24)13-16-9-18(11-20(26)10-16)22(35)31-15(3)17-5-7-19(8-6-17)25(27,28)29/h5-11,14-15H,12-13H2,1-4H3,(H2,30,32)(H,31,35)/t15-,24-/m0/s1. The van der Waals surface area contributed by atoms with E-state index >= 15 is 0 Å². The number of carbonyl (C=O) groups is 2. The highest BCUT2D eigenvalue weighted by molar-refractivity contribution is 5.99. The summed E-state index contributed by atoms with van der Waals surface area (Å²) in [5.74, 6) is -1.43. The van der Waals surface area contributed by atoms with Crippen LogP contribution in [-0.4, -0.2) is 28.2 Å². The van der Waals surface area contributed by atoms with Crippen molar-refractivity contribution in [2.75, 3.05) is 0 Å². The molecule has 2 amide bonds. The number of rotatable bonds is 6. The van der Waals surface area contributed by atoms with Crippen LogP contribution < -0.4 is 11.1 Å². The molecule has 0 bridgehead atoms. The Morgan fingerprint density at radius 1 is 1.17 bits per heavy atom. The van der Waals surface area contributed by atoms with Gasteiger partial charge in [-0.3, -0.25) is 14.5 Å². The number of nitrogens with two attached hydrogens (primary N) is 1. The third-order valence-corrected chi connectivity index (χ3v) is 6.35. The van der Waals surface area contributed by atoms with Crippen LogP contribution in [0.4, 0.5) is 17.6 Å². The number of benzene rings is 2. The Balaban J connectivity index is 1.76. The molecule has 3 rings (SSSR count). The fourth-order valence-electron chi connectivity index (χ4n) is 3.77. The van der Waals surface area contributed by atoms with Gasteiger partial charge in [-0.2, -0.15) is 13.2 Å². The van der Waals surface area contributed by atoms with Crippen molar-refractivity contribution in [1.29, 1.82) is 0 Å². The van der Waals surface area contributed by atoms with Gasteiger partial charge in [-0.25, -0.2) is 9.38 Å². The molecule has 3 N–H and O–H groups in total. The zero-order chi connectivity index (χ0) is 26.1. The molecule has 35 heavy (non-hydrogen) atoms. The van der Waals surface area contributed by atoms with Crippen molar-refractivity contribution in [3.05, 3.63) is 70.5 Å². The average molecular weight is 493 g/mol. The van der Waals surface area contributed by atoms with E-state index in [0.717, 1.165) is 18.2 Å². The smallest absolute Gasteiger partial charge is 0.369 e. The third kappa shape index (κ3) is 5.98. The Kier molecular flexibility index (Phi) is 7.23. The maximum atomic E-state index is 14.3. The highest BCUT2D eigenvalue weighted by Gasteiger charge is 2.38. The Morgan fingerprint density at radius 2 is 1.80 bits per heavy atom. The Morgan fingerprint density at radius 3 is 2.34 bits per heavy atom. The quantitative estimate of drug-likeness (QED) is 0.568. The van der Waals surface area contributed by atoms with Gasteiger partial charge < -0.3 is 11.1 Å². The van der Waals surface area contributed by atoms with Gasteiger partial charge in [0.2, 0.25) is 5.91 Å². The number of nitrogens with zero attached hydrogens (tertiary/aromatic N) is 2. The van der Waals surface area contributed by atoms with Crippen molar-refractivity contribution >= 4 is 17.8 Å². The van der Waals surface area contributed by atoms with Crippen molar-refractivity contribution in [2.45, 2.75) is 58.4 Å². The lowest BCUT2D eigenvalue weighted by Crippen LogP contribution is -2.51.